The van der Waals surface area contributed by atoms with Crippen LogP contribution in [0.3, 0.4) is 0 Å². The van der Waals surface area contributed by atoms with E-state index in [9.17, 15) is 19.5 Å². The molecule has 31 heavy (non-hydrogen) atoms. The zero-order chi connectivity index (χ0) is 22.3. The molecule has 0 aliphatic heterocycles. The van der Waals surface area contributed by atoms with Gasteiger partial charge < -0.3 is 14.4 Å². The van der Waals surface area contributed by atoms with E-state index >= 15 is 0 Å². The third-order valence-corrected chi connectivity index (χ3v) is 5.48. The summed E-state index contributed by atoms with van der Waals surface area (Å²) in [6, 6.07) is 9.14. The molecule has 1 aromatic carbocycles. The lowest BCUT2D eigenvalue weighted by Gasteiger charge is -2.09. The van der Waals surface area contributed by atoms with E-state index in [1.165, 1.54) is 11.6 Å². The molecule has 0 aliphatic carbocycles. The first-order chi connectivity index (χ1) is 14.8. The Morgan fingerprint density at radius 1 is 1.10 bits per heavy atom. The van der Waals surface area contributed by atoms with Crippen LogP contribution in [-0.4, -0.2) is 40.8 Å². The second-order valence-electron chi connectivity index (χ2n) is 7.34. The van der Waals surface area contributed by atoms with Crippen LogP contribution in [0.1, 0.15) is 17.0 Å². The minimum atomic E-state index is -0.686. The van der Waals surface area contributed by atoms with Gasteiger partial charge in [0.2, 0.25) is 5.78 Å². The lowest BCUT2D eigenvalue weighted by molar-refractivity contribution is -0.145. The predicted octanol–water partition coefficient (Wildman–Crippen LogP) is 0.502. The van der Waals surface area contributed by atoms with Gasteiger partial charge in [-0.15, -0.1) is 0 Å². The molecule has 0 fully saturated rings. The molecular weight excluding hydrogens is 402 g/mol. The van der Waals surface area contributed by atoms with E-state index < -0.39 is 23.8 Å². The molecule has 0 aliphatic rings. The summed E-state index contributed by atoms with van der Waals surface area (Å²) in [6.45, 7) is 3.46. The van der Waals surface area contributed by atoms with Gasteiger partial charge in [-0.25, -0.2) is 9.36 Å². The molecule has 0 saturated heterocycles. The van der Waals surface area contributed by atoms with Crippen molar-refractivity contribution in [2.24, 2.45) is 7.05 Å². The summed E-state index contributed by atoms with van der Waals surface area (Å²) < 4.78 is 10.8. The molecule has 4 rings (SSSR count). The van der Waals surface area contributed by atoms with Gasteiger partial charge in [0, 0.05) is 25.0 Å². The third-order valence-electron chi connectivity index (χ3n) is 5.48. The summed E-state index contributed by atoms with van der Waals surface area (Å²) >= 11 is 0. The maximum Gasteiger partial charge on any atom is 0.333 e. The molecule has 10 nitrogen and oxygen atoms in total. The number of benzene rings is 1. The second kappa shape index (κ2) is 7.88. The fourth-order valence-electron chi connectivity index (χ4n) is 3.74. The van der Waals surface area contributed by atoms with Crippen molar-refractivity contribution in [3.63, 3.8) is 0 Å². The van der Waals surface area contributed by atoms with E-state index in [0.29, 0.717) is 12.3 Å². The average Bonchev–Trinajstić information content (AvgIpc) is 3.26. The molecule has 0 radical (unpaired) electrons. The highest BCUT2D eigenvalue weighted by Crippen LogP contribution is 2.20. The first-order valence-electron chi connectivity index (χ1n) is 9.83. The molecule has 0 spiro atoms. The minimum absolute atomic E-state index is 0.0518. The fraction of sp³-hybridized carbons (Fsp3) is 0.333. The number of carbonyl (C=O) groups excluding carboxylic acids is 1. The quantitative estimate of drug-likeness (QED) is 0.450. The van der Waals surface area contributed by atoms with Gasteiger partial charge in [-0.1, -0.05) is 30.3 Å². The number of rotatable bonds is 6. The Kier molecular flexibility index (Phi) is 5.24. The van der Waals surface area contributed by atoms with Crippen LogP contribution in [0.25, 0.3) is 16.9 Å². The van der Waals surface area contributed by atoms with Gasteiger partial charge in [0.15, 0.2) is 11.2 Å². The number of aliphatic hydroxyl groups is 1. The summed E-state index contributed by atoms with van der Waals surface area (Å²) in [4.78, 5) is 42.9. The number of aryl methyl sites for hydroxylation is 2. The van der Waals surface area contributed by atoms with Crippen molar-refractivity contribution < 1.29 is 14.6 Å². The van der Waals surface area contributed by atoms with E-state index in [1.54, 1.807) is 8.97 Å². The average molecular weight is 425 g/mol. The smallest absolute Gasteiger partial charge is 0.333 e. The molecule has 3 aromatic heterocycles. The first kappa shape index (κ1) is 20.6. The molecule has 0 bridgehead atoms. The number of aliphatic hydroxyl groups excluding tert-OH is 1. The van der Waals surface area contributed by atoms with Gasteiger partial charge in [0.25, 0.3) is 5.56 Å². The van der Waals surface area contributed by atoms with Crippen molar-refractivity contribution in [2.45, 2.75) is 33.5 Å². The van der Waals surface area contributed by atoms with Gasteiger partial charge in [-0.3, -0.25) is 18.6 Å². The highest BCUT2D eigenvalue weighted by molar-refractivity contribution is 5.77. The Bertz CT molecular complexity index is 1410. The van der Waals surface area contributed by atoms with Crippen LogP contribution in [0.15, 0.2) is 39.9 Å². The lowest BCUT2D eigenvalue weighted by atomic mass is 10.2. The Labute approximate surface area is 176 Å². The Morgan fingerprint density at radius 2 is 1.81 bits per heavy atom. The number of carbonyl (C=O) groups is 1. The van der Waals surface area contributed by atoms with Crippen molar-refractivity contribution in [2.75, 3.05) is 6.61 Å². The number of fused-ring (bicyclic) bond motifs is 3. The molecule has 4 aromatic rings. The van der Waals surface area contributed by atoms with Gasteiger partial charge >= 0.3 is 11.7 Å². The van der Waals surface area contributed by atoms with Crippen molar-refractivity contribution >= 4 is 22.9 Å². The fourth-order valence-corrected chi connectivity index (χ4v) is 3.74. The number of hydrogen-bond donors (Lipinski definition) is 1. The van der Waals surface area contributed by atoms with Gasteiger partial charge in [0.1, 0.15) is 13.2 Å². The topological polar surface area (TPSA) is 113 Å². The lowest BCUT2D eigenvalue weighted by Crippen LogP contribution is -2.41. The molecule has 0 unspecified atom stereocenters. The van der Waals surface area contributed by atoms with E-state index in [1.807, 2.05) is 44.2 Å². The van der Waals surface area contributed by atoms with E-state index in [0.717, 1.165) is 21.5 Å². The predicted molar refractivity (Wildman–Crippen MR) is 113 cm³/mol. The molecule has 0 saturated carbocycles. The monoisotopic (exact) mass is 425 g/mol. The standard InChI is InChI=1S/C21H23N5O5/c1-13-14(2)26-17-18(22-20(26)24(13)9-10-27)23(3)21(30)25(19(17)29)11-16(28)31-12-15-7-5-4-6-8-15/h4-8,27H,9-12H2,1-3H3. The molecule has 162 valence electrons. The Hall–Kier alpha value is -3.66. The molecule has 3 heterocycles. The SMILES string of the molecule is Cc1c(C)n2c3c(=O)n(CC(=O)OCc4ccccc4)c(=O)n(C)c3nc2n1CCO. The van der Waals surface area contributed by atoms with Gasteiger partial charge in [0.05, 0.1) is 6.61 Å². The van der Waals surface area contributed by atoms with Crippen LogP contribution < -0.4 is 11.2 Å². The molecule has 0 amide bonds. The van der Waals surface area contributed by atoms with Gasteiger partial charge in [-0.05, 0) is 19.4 Å². The highest BCUT2D eigenvalue weighted by atomic mass is 16.5. The molecule has 10 heteroatoms. The third kappa shape index (κ3) is 3.34. The largest absolute Gasteiger partial charge is 0.459 e. The van der Waals surface area contributed by atoms with Crippen molar-refractivity contribution in [1.29, 1.82) is 0 Å². The normalized spacial score (nSPS) is 11.5. The number of imidazole rings is 2. The number of hydrogen-bond acceptors (Lipinski definition) is 6. The van der Waals surface area contributed by atoms with E-state index in [4.69, 9.17) is 4.74 Å². The zero-order valence-corrected chi connectivity index (χ0v) is 17.5. The summed E-state index contributed by atoms with van der Waals surface area (Å²) in [5.41, 5.74) is 1.56. The maximum absolute atomic E-state index is 13.2. The highest BCUT2D eigenvalue weighted by Gasteiger charge is 2.23. The Morgan fingerprint density at radius 3 is 2.48 bits per heavy atom. The summed E-state index contributed by atoms with van der Waals surface area (Å²) in [5, 5.41) is 9.39. The minimum Gasteiger partial charge on any atom is -0.459 e. The zero-order valence-electron chi connectivity index (χ0n) is 17.5. The van der Waals surface area contributed by atoms with Crippen LogP contribution in [-0.2, 0) is 36.3 Å². The number of nitrogens with zero attached hydrogens (tertiary/aromatic N) is 5. The van der Waals surface area contributed by atoms with E-state index in [-0.39, 0.29) is 24.4 Å². The first-order valence-corrected chi connectivity index (χ1v) is 9.83. The number of esters is 1. The Balaban J connectivity index is 1.78. The van der Waals surface area contributed by atoms with Crippen molar-refractivity contribution in [3.8, 4) is 0 Å². The summed E-state index contributed by atoms with van der Waals surface area (Å²) in [7, 11) is 1.50. The summed E-state index contributed by atoms with van der Waals surface area (Å²) in [5.74, 6) is -0.232. The van der Waals surface area contributed by atoms with Crippen LogP contribution >= 0.6 is 0 Å². The second-order valence-corrected chi connectivity index (χ2v) is 7.34. The van der Waals surface area contributed by atoms with Crippen LogP contribution in [0, 0.1) is 13.8 Å². The van der Waals surface area contributed by atoms with Crippen molar-refractivity contribution in [3.05, 3.63) is 68.1 Å². The molecule has 1 N–H and O–H groups in total. The molecule has 0 atom stereocenters. The number of aromatic nitrogens is 5. The van der Waals surface area contributed by atoms with Crippen LogP contribution in [0.4, 0.5) is 0 Å². The maximum atomic E-state index is 13.2. The van der Waals surface area contributed by atoms with E-state index in [2.05, 4.69) is 4.98 Å². The number of ether oxygens (including phenoxy) is 1. The summed E-state index contributed by atoms with van der Waals surface area (Å²) in [6.07, 6.45) is 0. The van der Waals surface area contributed by atoms with Gasteiger partial charge in [-0.2, -0.15) is 4.98 Å². The molecular formula is C21H23N5O5. The van der Waals surface area contributed by atoms with Crippen LogP contribution in [0.5, 0.6) is 0 Å². The van der Waals surface area contributed by atoms with Crippen LogP contribution in [0.2, 0.25) is 0 Å². The van der Waals surface area contributed by atoms with Crippen molar-refractivity contribution in [1.82, 2.24) is 23.1 Å².